The normalized spacial score (nSPS) is 18.1. The van der Waals surface area contributed by atoms with E-state index < -0.39 is 5.41 Å². The molecule has 2 amide bonds. The Labute approximate surface area is 283 Å². The first kappa shape index (κ1) is 34.7. The van der Waals surface area contributed by atoms with Gasteiger partial charge in [-0.15, -0.1) is 0 Å². The van der Waals surface area contributed by atoms with E-state index in [0.29, 0.717) is 35.5 Å². The van der Waals surface area contributed by atoms with Crippen LogP contribution in [-0.2, 0) is 27.3 Å². The van der Waals surface area contributed by atoms with E-state index in [0.717, 1.165) is 37.2 Å². The summed E-state index contributed by atoms with van der Waals surface area (Å²) >= 11 is 0. The molecule has 1 fully saturated rings. The minimum atomic E-state index is -0.611. The van der Waals surface area contributed by atoms with Gasteiger partial charge < -0.3 is 14.8 Å². The summed E-state index contributed by atoms with van der Waals surface area (Å²) in [6.07, 6.45) is 5.29. The number of urea groups is 1. The van der Waals surface area contributed by atoms with Crippen molar-refractivity contribution >= 4 is 17.8 Å². The molecular weight excluding hydrogens is 606 g/mol. The lowest BCUT2D eigenvalue weighted by molar-refractivity contribution is -0.154. The van der Waals surface area contributed by atoms with Crippen molar-refractivity contribution in [3.8, 4) is 16.9 Å². The van der Waals surface area contributed by atoms with Crippen LogP contribution in [-0.4, -0.2) is 75.5 Å². The summed E-state index contributed by atoms with van der Waals surface area (Å²) in [6.45, 7) is 11.7. The number of nitrogens with one attached hydrogen (secondary N) is 2. The zero-order chi connectivity index (χ0) is 34.3. The number of aryl methyl sites for hydroxylation is 1. The van der Waals surface area contributed by atoms with Gasteiger partial charge in [-0.3, -0.25) is 15.0 Å². The first-order chi connectivity index (χ1) is 23.0. The monoisotopic (exact) mass is 653 g/mol. The zero-order valence-electron chi connectivity index (χ0n) is 28.8. The van der Waals surface area contributed by atoms with Crippen LogP contribution in [0.3, 0.4) is 0 Å². The number of methoxy groups -OCH3 is 1. The highest BCUT2D eigenvalue weighted by Crippen LogP contribution is 2.31. The van der Waals surface area contributed by atoms with Crippen molar-refractivity contribution in [1.29, 1.82) is 0 Å². The maximum atomic E-state index is 13.7. The van der Waals surface area contributed by atoms with E-state index in [1.165, 1.54) is 5.56 Å². The van der Waals surface area contributed by atoms with Crippen molar-refractivity contribution in [1.82, 2.24) is 30.0 Å². The summed E-state index contributed by atoms with van der Waals surface area (Å²) in [5, 5.41) is 11.3. The fraction of sp³-hybridized carbons (Fsp3) is 0.432. The van der Waals surface area contributed by atoms with Gasteiger partial charge in [-0.05, 0) is 64.2 Å². The van der Waals surface area contributed by atoms with Gasteiger partial charge in [0, 0.05) is 55.8 Å². The van der Waals surface area contributed by atoms with Crippen LogP contribution < -0.4 is 10.6 Å². The molecular formula is C37H47N7O4. The molecule has 0 bridgehead atoms. The molecule has 0 aliphatic carbocycles. The molecule has 3 heterocycles. The predicted molar refractivity (Wildman–Crippen MR) is 186 cm³/mol. The van der Waals surface area contributed by atoms with Crippen molar-refractivity contribution < 1.29 is 19.1 Å². The second-order valence-electron chi connectivity index (χ2n) is 13.4. The highest BCUT2D eigenvalue weighted by Gasteiger charge is 2.39. The number of amides is 2. The number of para-hydroxylation sites is 1. The van der Waals surface area contributed by atoms with Crippen molar-refractivity contribution in [2.75, 3.05) is 32.1 Å². The Morgan fingerprint density at radius 1 is 1.00 bits per heavy atom. The maximum absolute atomic E-state index is 13.7. The van der Waals surface area contributed by atoms with E-state index in [-0.39, 0.29) is 30.6 Å². The molecule has 4 aromatic rings. The largest absolute Gasteiger partial charge is 0.457 e. The van der Waals surface area contributed by atoms with Crippen LogP contribution in [0.5, 0.6) is 0 Å². The van der Waals surface area contributed by atoms with Gasteiger partial charge in [-0.2, -0.15) is 5.10 Å². The fourth-order valence-corrected chi connectivity index (χ4v) is 6.09. The Bertz CT molecular complexity index is 1650. The fourth-order valence-electron chi connectivity index (χ4n) is 6.09. The summed E-state index contributed by atoms with van der Waals surface area (Å²) in [7, 11) is 1.72. The van der Waals surface area contributed by atoms with Crippen LogP contribution in [0, 0.1) is 18.3 Å². The Morgan fingerprint density at radius 3 is 2.31 bits per heavy atom. The predicted octanol–water partition coefficient (Wildman–Crippen LogP) is 5.82. The molecule has 1 aliphatic heterocycles. The molecule has 3 atom stereocenters. The van der Waals surface area contributed by atoms with E-state index in [1.54, 1.807) is 45.0 Å². The highest BCUT2D eigenvalue weighted by molar-refractivity contribution is 5.91. The number of rotatable bonds is 12. The second-order valence-corrected chi connectivity index (χ2v) is 13.4. The molecule has 2 aromatic carbocycles. The number of benzene rings is 2. The lowest BCUT2D eigenvalue weighted by Gasteiger charge is -2.26. The standard InChI is InChI=1S/C37H47N7O4/c1-25-30(23-43(19-20-47-6)31(25)18-17-27-13-9-7-10-14-27)40-36(46)41-34-26(2)33(42-44(34)29-15-11-8-12-16-29)28-21-38-32(39-22-28)24-48-35(45)37(3,4)5/h7-16,21-22,25,30-31H,17-20,23-24H2,1-6H3,(H2,40,41,46)/t25-,30+,31-/m0/s1. The Kier molecular flexibility index (Phi) is 11.2. The van der Waals surface area contributed by atoms with Gasteiger partial charge in [0.05, 0.1) is 17.7 Å². The molecule has 0 unspecified atom stereocenters. The van der Waals surface area contributed by atoms with Crippen LogP contribution in [0.25, 0.3) is 16.9 Å². The summed E-state index contributed by atoms with van der Waals surface area (Å²) < 4.78 is 12.5. The van der Waals surface area contributed by atoms with Crippen LogP contribution in [0.15, 0.2) is 73.1 Å². The summed E-state index contributed by atoms with van der Waals surface area (Å²) in [5.41, 5.74) is 3.58. The molecule has 11 heteroatoms. The summed E-state index contributed by atoms with van der Waals surface area (Å²) in [5.74, 6) is 0.866. The van der Waals surface area contributed by atoms with Crippen LogP contribution >= 0.6 is 0 Å². The van der Waals surface area contributed by atoms with Gasteiger partial charge in [0.1, 0.15) is 11.5 Å². The Morgan fingerprint density at radius 2 is 1.67 bits per heavy atom. The molecule has 48 heavy (non-hydrogen) atoms. The summed E-state index contributed by atoms with van der Waals surface area (Å²) in [6, 6.07) is 20.2. The number of esters is 1. The third kappa shape index (κ3) is 8.45. The van der Waals surface area contributed by atoms with Crippen molar-refractivity contribution in [3.63, 3.8) is 0 Å². The number of likely N-dealkylation sites (tertiary alicyclic amines) is 1. The van der Waals surface area contributed by atoms with Crippen LogP contribution in [0.1, 0.15) is 51.1 Å². The number of anilines is 1. The number of hydrogen-bond acceptors (Lipinski definition) is 8. The third-order valence-corrected chi connectivity index (χ3v) is 8.89. The molecule has 0 saturated carbocycles. The molecule has 0 radical (unpaired) electrons. The zero-order valence-corrected chi connectivity index (χ0v) is 28.8. The third-order valence-electron chi connectivity index (χ3n) is 8.89. The second kappa shape index (κ2) is 15.5. The number of carbonyl (C=O) groups is 2. The van der Waals surface area contributed by atoms with E-state index in [1.807, 2.05) is 43.3 Å². The van der Waals surface area contributed by atoms with Gasteiger partial charge in [0.2, 0.25) is 0 Å². The van der Waals surface area contributed by atoms with Crippen molar-refractivity contribution in [2.24, 2.45) is 11.3 Å². The topological polar surface area (TPSA) is 124 Å². The van der Waals surface area contributed by atoms with Gasteiger partial charge in [-0.25, -0.2) is 19.4 Å². The molecule has 0 spiro atoms. The number of hydrogen-bond donors (Lipinski definition) is 2. The number of aromatic nitrogens is 4. The van der Waals surface area contributed by atoms with Crippen LogP contribution in [0.4, 0.5) is 10.6 Å². The molecule has 5 rings (SSSR count). The van der Waals surface area contributed by atoms with Gasteiger partial charge in [0.25, 0.3) is 0 Å². The number of carbonyl (C=O) groups excluding carboxylic acids is 2. The van der Waals surface area contributed by atoms with Crippen molar-refractivity contribution in [2.45, 2.75) is 66.2 Å². The van der Waals surface area contributed by atoms with E-state index in [2.05, 4.69) is 56.7 Å². The smallest absolute Gasteiger partial charge is 0.320 e. The minimum absolute atomic E-state index is 0.0175. The Balaban J connectivity index is 1.32. The lowest BCUT2D eigenvalue weighted by Crippen LogP contribution is -2.43. The van der Waals surface area contributed by atoms with E-state index in [9.17, 15) is 9.59 Å². The molecule has 1 aliphatic rings. The van der Waals surface area contributed by atoms with Gasteiger partial charge in [-0.1, -0.05) is 55.5 Å². The SMILES string of the molecule is COCCN1C[C@@H](NC(=O)Nc2c(C)c(-c3cnc(COC(=O)C(C)(C)C)nc3)nn2-c2ccccc2)[C@H](C)[C@@H]1CCc1ccccc1. The average molecular weight is 654 g/mol. The van der Waals surface area contributed by atoms with Gasteiger partial charge in [0.15, 0.2) is 12.4 Å². The summed E-state index contributed by atoms with van der Waals surface area (Å²) in [4.78, 5) is 37.1. The molecule has 254 valence electrons. The van der Waals surface area contributed by atoms with E-state index >= 15 is 0 Å². The maximum Gasteiger partial charge on any atom is 0.320 e. The lowest BCUT2D eigenvalue weighted by atomic mass is 9.93. The number of nitrogens with zero attached hydrogens (tertiary/aromatic N) is 5. The van der Waals surface area contributed by atoms with Crippen molar-refractivity contribution in [3.05, 3.63) is 90.0 Å². The number of ether oxygens (including phenoxy) is 2. The molecule has 2 N–H and O–H groups in total. The Hall–Kier alpha value is -4.61. The first-order valence-corrected chi connectivity index (χ1v) is 16.5. The van der Waals surface area contributed by atoms with Gasteiger partial charge >= 0.3 is 12.0 Å². The molecule has 11 nitrogen and oxygen atoms in total. The highest BCUT2D eigenvalue weighted by atomic mass is 16.5. The minimum Gasteiger partial charge on any atom is -0.457 e. The molecule has 1 saturated heterocycles. The molecule has 2 aromatic heterocycles. The van der Waals surface area contributed by atoms with Crippen LogP contribution in [0.2, 0.25) is 0 Å². The average Bonchev–Trinajstić information content (AvgIpc) is 3.56. The van der Waals surface area contributed by atoms with E-state index in [4.69, 9.17) is 14.6 Å². The quantitative estimate of drug-likeness (QED) is 0.184. The first-order valence-electron chi connectivity index (χ1n) is 16.5.